The molecule has 0 heterocycles. The van der Waals surface area contributed by atoms with Gasteiger partial charge in [-0.05, 0) is 36.2 Å². The van der Waals surface area contributed by atoms with Crippen LogP contribution < -0.4 is 10.6 Å². The van der Waals surface area contributed by atoms with Crippen molar-refractivity contribution in [2.75, 3.05) is 10.6 Å². The molecule has 0 saturated heterocycles. The Kier molecular flexibility index (Phi) is 5.33. The monoisotopic (exact) mass is 291 g/mol. The number of carbonyl (C=O) groups excluding carboxylic acids is 1. The van der Waals surface area contributed by atoms with E-state index in [-0.39, 0.29) is 5.57 Å². The predicted molar refractivity (Wildman–Crippen MR) is 88.2 cm³/mol. The SMILES string of the molecule is CCc1ccc(N/C=C(\C#N)C(=O)Nc2ccccc2)cc1. The molecule has 110 valence electrons. The number of amides is 1. The molecule has 0 spiro atoms. The van der Waals surface area contributed by atoms with Gasteiger partial charge in [0.2, 0.25) is 0 Å². The van der Waals surface area contributed by atoms with E-state index in [1.807, 2.05) is 48.5 Å². The van der Waals surface area contributed by atoms with Crippen molar-refractivity contribution in [3.63, 3.8) is 0 Å². The first-order valence-electron chi connectivity index (χ1n) is 7.05. The number of carbonyl (C=O) groups is 1. The molecule has 0 aliphatic heterocycles. The molecule has 4 nitrogen and oxygen atoms in total. The van der Waals surface area contributed by atoms with E-state index in [4.69, 9.17) is 5.26 Å². The van der Waals surface area contributed by atoms with Gasteiger partial charge in [0.05, 0.1) is 0 Å². The Bertz CT molecular complexity index is 697. The standard InChI is InChI=1S/C18H17N3O/c1-2-14-8-10-16(11-9-14)20-13-15(12-19)18(22)21-17-6-4-3-5-7-17/h3-11,13,20H,2H2,1H3,(H,21,22)/b15-13+. The number of benzene rings is 2. The van der Waals surface area contributed by atoms with Crippen LogP contribution in [0.1, 0.15) is 12.5 Å². The Labute approximate surface area is 130 Å². The van der Waals surface area contributed by atoms with E-state index in [0.29, 0.717) is 5.69 Å². The summed E-state index contributed by atoms with van der Waals surface area (Å²) in [6, 6.07) is 18.8. The van der Waals surface area contributed by atoms with Crippen LogP contribution in [-0.2, 0) is 11.2 Å². The molecular formula is C18H17N3O. The first-order valence-corrected chi connectivity index (χ1v) is 7.05. The van der Waals surface area contributed by atoms with Crippen molar-refractivity contribution in [1.82, 2.24) is 0 Å². The Morgan fingerprint density at radius 2 is 1.77 bits per heavy atom. The maximum atomic E-state index is 12.0. The van der Waals surface area contributed by atoms with E-state index >= 15 is 0 Å². The molecule has 0 atom stereocenters. The Morgan fingerprint density at radius 3 is 2.36 bits per heavy atom. The maximum Gasteiger partial charge on any atom is 0.267 e. The highest BCUT2D eigenvalue weighted by molar-refractivity contribution is 6.06. The highest BCUT2D eigenvalue weighted by atomic mass is 16.1. The van der Waals surface area contributed by atoms with Crippen molar-refractivity contribution in [3.8, 4) is 6.07 Å². The zero-order valence-corrected chi connectivity index (χ0v) is 12.3. The molecule has 0 fully saturated rings. The predicted octanol–water partition coefficient (Wildman–Crippen LogP) is 3.71. The van der Waals surface area contributed by atoms with E-state index in [1.54, 1.807) is 12.1 Å². The van der Waals surface area contributed by atoms with Gasteiger partial charge < -0.3 is 10.6 Å². The summed E-state index contributed by atoms with van der Waals surface area (Å²) >= 11 is 0. The van der Waals surface area contributed by atoms with Gasteiger partial charge in [-0.2, -0.15) is 5.26 Å². The summed E-state index contributed by atoms with van der Waals surface area (Å²) in [6.07, 6.45) is 2.39. The average Bonchev–Trinajstić information content (AvgIpc) is 2.57. The van der Waals surface area contributed by atoms with Crippen molar-refractivity contribution < 1.29 is 4.79 Å². The minimum absolute atomic E-state index is 0.0171. The first kappa shape index (κ1) is 15.3. The molecule has 2 rings (SSSR count). The summed E-state index contributed by atoms with van der Waals surface area (Å²) in [7, 11) is 0. The lowest BCUT2D eigenvalue weighted by Gasteiger charge is -2.05. The summed E-state index contributed by atoms with van der Waals surface area (Å²) in [5.74, 6) is -0.439. The Morgan fingerprint density at radius 1 is 1.09 bits per heavy atom. The number of hydrogen-bond acceptors (Lipinski definition) is 3. The van der Waals surface area contributed by atoms with Crippen molar-refractivity contribution in [1.29, 1.82) is 5.26 Å². The summed E-state index contributed by atoms with van der Waals surface area (Å²) < 4.78 is 0. The second-order valence-corrected chi connectivity index (χ2v) is 4.68. The van der Waals surface area contributed by atoms with Crippen LogP contribution in [0.2, 0.25) is 0 Å². The molecule has 2 aromatic rings. The fourth-order valence-electron chi connectivity index (χ4n) is 1.86. The number of anilines is 2. The van der Waals surface area contributed by atoms with E-state index < -0.39 is 5.91 Å². The molecule has 0 aliphatic rings. The van der Waals surface area contributed by atoms with E-state index in [2.05, 4.69) is 17.6 Å². The van der Waals surface area contributed by atoms with Gasteiger partial charge in [0.15, 0.2) is 0 Å². The zero-order chi connectivity index (χ0) is 15.8. The normalized spacial score (nSPS) is 10.6. The van der Waals surface area contributed by atoms with Crippen LogP contribution in [0, 0.1) is 11.3 Å². The van der Waals surface area contributed by atoms with E-state index in [0.717, 1.165) is 12.1 Å². The lowest BCUT2D eigenvalue weighted by Crippen LogP contribution is -2.14. The molecule has 0 bridgehead atoms. The third-order valence-corrected chi connectivity index (χ3v) is 3.14. The number of nitrogens with one attached hydrogen (secondary N) is 2. The largest absolute Gasteiger partial charge is 0.360 e. The van der Waals surface area contributed by atoms with Gasteiger partial charge in [0.25, 0.3) is 5.91 Å². The van der Waals surface area contributed by atoms with Crippen LogP contribution in [0.4, 0.5) is 11.4 Å². The number of rotatable bonds is 5. The average molecular weight is 291 g/mol. The zero-order valence-electron chi connectivity index (χ0n) is 12.3. The highest BCUT2D eigenvalue weighted by Crippen LogP contribution is 2.11. The van der Waals surface area contributed by atoms with Crippen molar-refractivity contribution in [3.05, 3.63) is 71.9 Å². The highest BCUT2D eigenvalue weighted by Gasteiger charge is 2.08. The lowest BCUT2D eigenvalue weighted by molar-refractivity contribution is -0.112. The quantitative estimate of drug-likeness (QED) is 0.652. The topological polar surface area (TPSA) is 64.9 Å². The fraction of sp³-hybridized carbons (Fsp3) is 0.111. The van der Waals surface area contributed by atoms with Crippen LogP contribution in [0.15, 0.2) is 66.4 Å². The molecule has 0 unspecified atom stereocenters. The van der Waals surface area contributed by atoms with Crippen LogP contribution in [-0.4, -0.2) is 5.91 Å². The maximum absolute atomic E-state index is 12.0. The molecule has 4 heteroatoms. The third kappa shape index (κ3) is 4.22. The number of para-hydroxylation sites is 1. The minimum Gasteiger partial charge on any atom is -0.360 e. The Balaban J connectivity index is 2.03. The molecule has 1 amide bonds. The van der Waals surface area contributed by atoms with Gasteiger partial charge in [-0.25, -0.2) is 0 Å². The molecule has 22 heavy (non-hydrogen) atoms. The summed E-state index contributed by atoms with van der Waals surface area (Å²) in [5, 5.41) is 14.8. The second kappa shape index (κ2) is 7.65. The van der Waals surface area contributed by atoms with E-state index in [1.165, 1.54) is 11.8 Å². The van der Waals surface area contributed by atoms with Crippen LogP contribution >= 0.6 is 0 Å². The molecular weight excluding hydrogens is 274 g/mol. The van der Waals surface area contributed by atoms with Crippen LogP contribution in [0.25, 0.3) is 0 Å². The number of nitriles is 1. The first-order chi connectivity index (χ1) is 10.7. The van der Waals surface area contributed by atoms with E-state index in [9.17, 15) is 4.79 Å². The Hall–Kier alpha value is -3.06. The van der Waals surface area contributed by atoms with Crippen molar-refractivity contribution >= 4 is 17.3 Å². The number of nitrogens with zero attached hydrogens (tertiary/aromatic N) is 1. The van der Waals surface area contributed by atoms with Gasteiger partial charge >= 0.3 is 0 Å². The molecule has 2 aromatic carbocycles. The van der Waals surface area contributed by atoms with Gasteiger partial charge in [0.1, 0.15) is 11.6 Å². The summed E-state index contributed by atoms with van der Waals surface area (Å²) in [4.78, 5) is 12.0. The fourth-order valence-corrected chi connectivity index (χ4v) is 1.86. The third-order valence-electron chi connectivity index (χ3n) is 3.14. The minimum atomic E-state index is -0.439. The smallest absolute Gasteiger partial charge is 0.267 e. The number of aryl methyl sites for hydroxylation is 1. The van der Waals surface area contributed by atoms with Gasteiger partial charge in [0, 0.05) is 17.6 Å². The summed E-state index contributed by atoms with van der Waals surface area (Å²) in [6.45, 7) is 2.09. The second-order valence-electron chi connectivity index (χ2n) is 4.68. The van der Waals surface area contributed by atoms with Crippen molar-refractivity contribution in [2.24, 2.45) is 0 Å². The van der Waals surface area contributed by atoms with Crippen LogP contribution in [0.3, 0.4) is 0 Å². The molecule has 0 radical (unpaired) electrons. The number of hydrogen-bond donors (Lipinski definition) is 2. The van der Waals surface area contributed by atoms with Gasteiger partial charge in [-0.1, -0.05) is 37.3 Å². The molecule has 0 aliphatic carbocycles. The van der Waals surface area contributed by atoms with Gasteiger partial charge in [-0.15, -0.1) is 0 Å². The summed E-state index contributed by atoms with van der Waals surface area (Å²) in [5.41, 5.74) is 2.73. The van der Waals surface area contributed by atoms with Crippen molar-refractivity contribution in [2.45, 2.75) is 13.3 Å². The van der Waals surface area contributed by atoms with Crippen LogP contribution in [0.5, 0.6) is 0 Å². The lowest BCUT2D eigenvalue weighted by atomic mass is 10.1. The van der Waals surface area contributed by atoms with Gasteiger partial charge in [-0.3, -0.25) is 4.79 Å². The molecule has 0 aromatic heterocycles. The molecule has 0 saturated carbocycles. The molecule has 2 N–H and O–H groups in total.